The smallest absolute Gasteiger partial charge is 0.271 e. The molecule has 8 nitrogen and oxygen atoms in total. The second-order valence-electron chi connectivity index (χ2n) is 10.3. The van der Waals surface area contributed by atoms with Crippen molar-refractivity contribution in [2.75, 3.05) is 26.1 Å². The van der Waals surface area contributed by atoms with Crippen molar-refractivity contribution in [1.82, 2.24) is 4.57 Å². The molecule has 0 aliphatic carbocycles. The molecule has 5 rings (SSSR count). The number of ether oxygens (including phenoxy) is 3. The number of nitrogens with zero attached hydrogens (tertiary/aromatic N) is 2. The van der Waals surface area contributed by atoms with Crippen LogP contribution in [0.1, 0.15) is 37.9 Å². The summed E-state index contributed by atoms with van der Waals surface area (Å²) in [6.07, 6.45) is 1.83. The highest BCUT2D eigenvalue weighted by atomic mass is 32.1. The topological polar surface area (TPSA) is 91.2 Å². The molecule has 0 unspecified atom stereocenters. The minimum Gasteiger partial charge on any atom is -0.497 e. The van der Waals surface area contributed by atoms with E-state index in [0.29, 0.717) is 55.9 Å². The Morgan fingerprint density at radius 2 is 1.74 bits per heavy atom. The van der Waals surface area contributed by atoms with Gasteiger partial charge in [-0.15, -0.1) is 0 Å². The molecule has 1 N–H and O–H groups in total. The largest absolute Gasteiger partial charge is 0.497 e. The molecule has 4 aromatic rings. The summed E-state index contributed by atoms with van der Waals surface area (Å²) in [5.41, 5.74) is 2.76. The standard InChI is InChI=1S/C33H33N3O5S/c1-20(2)19-41-24-13-11-22(12-14-24)17-28-32(38)36-30(26-16-15-25(39-4)18-27(26)40-5)29(21(3)34-33(36)42-28)31(37)35-23-9-7-6-8-10-23/h6-18,20,30H,19H2,1-5H3,(H,35,37)/b28-17-/t30-/m0/s1. The van der Waals surface area contributed by atoms with Crippen LogP contribution in [0.15, 0.2) is 93.9 Å². The van der Waals surface area contributed by atoms with E-state index in [1.165, 1.54) is 11.3 Å². The third-order valence-electron chi connectivity index (χ3n) is 6.79. The van der Waals surface area contributed by atoms with E-state index in [-0.39, 0.29) is 11.5 Å². The highest BCUT2D eigenvalue weighted by Gasteiger charge is 2.34. The number of para-hydroxylation sites is 1. The maximum Gasteiger partial charge on any atom is 0.271 e. The minimum atomic E-state index is -0.778. The number of amides is 1. The Labute approximate surface area is 248 Å². The number of carbonyl (C=O) groups excluding carboxylic acids is 1. The van der Waals surface area contributed by atoms with Crippen molar-refractivity contribution < 1.29 is 19.0 Å². The number of anilines is 1. The molecule has 9 heteroatoms. The molecule has 1 atom stereocenters. The molecule has 42 heavy (non-hydrogen) atoms. The van der Waals surface area contributed by atoms with Crippen molar-refractivity contribution in [3.63, 3.8) is 0 Å². The number of rotatable bonds is 9. The number of hydrogen-bond acceptors (Lipinski definition) is 7. The lowest BCUT2D eigenvalue weighted by atomic mass is 9.94. The summed E-state index contributed by atoms with van der Waals surface area (Å²) < 4.78 is 19.0. The van der Waals surface area contributed by atoms with Crippen molar-refractivity contribution in [1.29, 1.82) is 0 Å². The van der Waals surface area contributed by atoms with E-state index in [0.717, 1.165) is 11.3 Å². The number of nitrogens with one attached hydrogen (secondary N) is 1. The molecule has 0 bridgehead atoms. The Morgan fingerprint density at radius 1 is 1.02 bits per heavy atom. The van der Waals surface area contributed by atoms with E-state index in [1.807, 2.05) is 66.7 Å². The number of carbonyl (C=O) groups is 1. The number of aromatic nitrogens is 1. The van der Waals surface area contributed by atoms with Crippen LogP contribution in [0.2, 0.25) is 0 Å². The summed E-state index contributed by atoms with van der Waals surface area (Å²) in [7, 11) is 3.13. The number of fused-ring (bicyclic) bond motifs is 1. The minimum absolute atomic E-state index is 0.251. The monoisotopic (exact) mass is 583 g/mol. The van der Waals surface area contributed by atoms with Crippen molar-refractivity contribution in [2.45, 2.75) is 26.8 Å². The Morgan fingerprint density at radius 3 is 2.40 bits per heavy atom. The molecular formula is C33H33N3O5S. The Kier molecular flexibility index (Phi) is 8.59. The molecule has 3 aromatic carbocycles. The fourth-order valence-corrected chi connectivity index (χ4v) is 5.79. The van der Waals surface area contributed by atoms with Gasteiger partial charge in [0.2, 0.25) is 0 Å². The van der Waals surface area contributed by atoms with Crippen LogP contribution < -0.4 is 34.4 Å². The first-order chi connectivity index (χ1) is 20.3. The zero-order valence-electron chi connectivity index (χ0n) is 24.2. The molecule has 216 valence electrons. The van der Waals surface area contributed by atoms with Crippen LogP contribution in [0.5, 0.6) is 17.2 Å². The van der Waals surface area contributed by atoms with E-state index in [2.05, 4.69) is 19.2 Å². The van der Waals surface area contributed by atoms with Crippen molar-refractivity contribution in [3.05, 3.63) is 115 Å². The van der Waals surface area contributed by atoms with Crippen LogP contribution >= 0.6 is 11.3 Å². The fourth-order valence-electron chi connectivity index (χ4n) is 4.74. The maximum absolute atomic E-state index is 14.0. The van der Waals surface area contributed by atoms with Gasteiger partial charge >= 0.3 is 0 Å². The summed E-state index contributed by atoms with van der Waals surface area (Å²) in [5.74, 6) is 1.94. The fraction of sp³-hybridized carbons (Fsp3) is 0.242. The molecule has 0 radical (unpaired) electrons. The first-order valence-electron chi connectivity index (χ1n) is 13.6. The van der Waals surface area contributed by atoms with Crippen LogP contribution in [-0.4, -0.2) is 31.3 Å². The molecule has 0 fully saturated rings. The normalized spacial score (nSPS) is 14.8. The first kappa shape index (κ1) is 28.9. The first-order valence-corrected chi connectivity index (χ1v) is 14.4. The molecule has 0 saturated carbocycles. The maximum atomic E-state index is 14.0. The SMILES string of the molecule is COc1ccc([C@H]2C(C(=O)Nc3ccccc3)=C(C)N=c3s/c(=C\c4ccc(OCC(C)C)cc4)c(=O)n32)c(OC)c1. The van der Waals surface area contributed by atoms with Crippen LogP contribution in [0.3, 0.4) is 0 Å². The number of benzene rings is 3. The van der Waals surface area contributed by atoms with Gasteiger partial charge in [0.25, 0.3) is 11.5 Å². The molecule has 0 saturated heterocycles. The lowest BCUT2D eigenvalue weighted by Crippen LogP contribution is -2.40. The molecule has 0 spiro atoms. The van der Waals surface area contributed by atoms with Crippen LogP contribution in [-0.2, 0) is 4.79 Å². The van der Waals surface area contributed by atoms with Crippen LogP contribution in [0.4, 0.5) is 5.69 Å². The number of thiazole rings is 1. The second kappa shape index (κ2) is 12.5. The number of methoxy groups -OCH3 is 2. The van der Waals surface area contributed by atoms with Gasteiger partial charge in [0.05, 0.1) is 36.6 Å². The lowest BCUT2D eigenvalue weighted by Gasteiger charge is -2.26. The van der Waals surface area contributed by atoms with Gasteiger partial charge in [0, 0.05) is 17.3 Å². The van der Waals surface area contributed by atoms with E-state index in [1.54, 1.807) is 37.8 Å². The Hall–Kier alpha value is -4.63. The Bertz CT molecular complexity index is 1810. The summed E-state index contributed by atoms with van der Waals surface area (Å²) in [4.78, 5) is 33.1. The van der Waals surface area contributed by atoms with Crippen molar-refractivity contribution in [3.8, 4) is 17.2 Å². The zero-order valence-corrected chi connectivity index (χ0v) is 25.0. The lowest BCUT2D eigenvalue weighted by molar-refractivity contribution is -0.113. The van der Waals surface area contributed by atoms with Gasteiger partial charge in [-0.2, -0.15) is 0 Å². The predicted octanol–water partition coefficient (Wildman–Crippen LogP) is 4.93. The highest BCUT2D eigenvalue weighted by molar-refractivity contribution is 7.07. The molecule has 1 amide bonds. The molecular weight excluding hydrogens is 550 g/mol. The van der Waals surface area contributed by atoms with Crippen LogP contribution in [0, 0.1) is 5.92 Å². The molecule has 1 aliphatic heterocycles. The van der Waals surface area contributed by atoms with E-state index < -0.39 is 6.04 Å². The summed E-state index contributed by atoms with van der Waals surface area (Å²) in [6, 6.07) is 21.4. The quantitative estimate of drug-likeness (QED) is 0.302. The van der Waals surface area contributed by atoms with Gasteiger partial charge < -0.3 is 19.5 Å². The van der Waals surface area contributed by atoms with Gasteiger partial charge in [-0.1, -0.05) is 55.5 Å². The van der Waals surface area contributed by atoms with Gasteiger partial charge in [-0.3, -0.25) is 14.2 Å². The highest BCUT2D eigenvalue weighted by Crippen LogP contribution is 2.37. The summed E-state index contributed by atoms with van der Waals surface area (Å²) in [5, 5.41) is 2.97. The average Bonchev–Trinajstić information content (AvgIpc) is 3.29. The van der Waals surface area contributed by atoms with Crippen LogP contribution in [0.25, 0.3) is 6.08 Å². The number of hydrogen-bond donors (Lipinski definition) is 1. The molecule has 2 heterocycles. The Balaban J connectivity index is 1.63. The number of allylic oxidation sites excluding steroid dienone is 1. The third-order valence-corrected chi connectivity index (χ3v) is 7.78. The van der Waals surface area contributed by atoms with Gasteiger partial charge in [-0.25, -0.2) is 4.99 Å². The second-order valence-corrected chi connectivity index (χ2v) is 11.3. The molecule has 1 aromatic heterocycles. The van der Waals surface area contributed by atoms with Gasteiger partial charge in [0.1, 0.15) is 23.3 Å². The zero-order chi connectivity index (χ0) is 29.8. The van der Waals surface area contributed by atoms with E-state index in [9.17, 15) is 9.59 Å². The third kappa shape index (κ3) is 6.01. The average molecular weight is 584 g/mol. The van der Waals surface area contributed by atoms with E-state index >= 15 is 0 Å². The van der Waals surface area contributed by atoms with Crippen molar-refractivity contribution >= 4 is 29.0 Å². The predicted molar refractivity (Wildman–Crippen MR) is 165 cm³/mol. The summed E-state index contributed by atoms with van der Waals surface area (Å²) >= 11 is 1.28. The van der Waals surface area contributed by atoms with E-state index in [4.69, 9.17) is 19.2 Å². The van der Waals surface area contributed by atoms with Gasteiger partial charge in [0.15, 0.2) is 4.80 Å². The van der Waals surface area contributed by atoms with Gasteiger partial charge in [-0.05, 0) is 60.9 Å². The summed E-state index contributed by atoms with van der Waals surface area (Å²) in [6.45, 7) is 6.62. The van der Waals surface area contributed by atoms with Crippen molar-refractivity contribution in [2.24, 2.45) is 10.9 Å². The molecule has 1 aliphatic rings.